The fourth-order valence-electron chi connectivity index (χ4n) is 1.65. The molecule has 2 N–H and O–H groups in total. The van der Waals surface area contributed by atoms with Gasteiger partial charge in [0.15, 0.2) is 0 Å². The molecule has 7 heteroatoms. The number of hydrogen-bond donors (Lipinski definition) is 2. The van der Waals surface area contributed by atoms with E-state index < -0.39 is 10.2 Å². The Bertz CT molecular complexity index is 334. The fourth-order valence-corrected chi connectivity index (χ4v) is 2.64. The van der Waals surface area contributed by atoms with E-state index in [4.69, 9.17) is 4.74 Å². The van der Waals surface area contributed by atoms with Gasteiger partial charge >= 0.3 is 0 Å². The van der Waals surface area contributed by atoms with Crippen molar-refractivity contribution in [2.45, 2.75) is 52.5 Å². The molecule has 0 spiro atoms. The molecule has 0 bridgehead atoms. The van der Waals surface area contributed by atoms with E-state index >= 15 is 0 Å². The number of nitrogens with zero attached hydrogens (tertiary/aromatic N) is 1. The molecule has 0 atom stereocenters. The van der Waals surface area contributed by atoms with Crippen LogP contribution in [0.1, 0.15) is 46.5 Å². The molecule has 0 aromatic heterocycles. The smallest absolute Gasteiger partial charge is 0.279 e. The Hall–Kier alpha value is -0.210. The van der Waals surface area contributed by atoms with Crippen LogP contribution in [-0.4, -0.2) is 58.7 Å². The molecule has 0 saturated heterocycles. The van der Waals surface area contributed by atoms with Crippen molar-refractivity contribution in [1.29, 1.82) is 0 Å². The average Bonchev–Trinajstić information content (AvgIpc) is 2.42. The monoisotopic (exact) mass is 323 g/mol. The van der Waals surface area contributed by atoms with Gasteiger partial charge in [-0.15, -0.1) is 0 Å². The molecule has 6 nitrogen and oxygen atoms in total. The van der Waals surface area contributed by atoms with Gasteiger partial charge in [-0.1, -0.05) is 27.2 Å². The summed E-state index contributed by atoms with van der Waals surface area (Å²) < 4.78 is 33.3. The van der Waals surface area contributed by atoms with Crippen molar-refractivity contribution < 1.29 is 13.2 Å². The highest BCUT2D eigenvalue weighted by molar-refractivity contribution is 7.87. The topological polar surface area (TPSA) is 70.7 Å². The maximum Gasteiger partial charge on any atom is 0.279 e. The number of ether oxygens (including phenoxy) is 1. The van der Waals surface area contributed by atoms with Crippen LogP contribution in [0.15, 0.2) is 0 Å². The predicted molar refractivity (Wildman–Crippen MR) is 87.7 cm³/mol. The molecule has 0 aliphatic rings. The van der Waals surface area contributed by atoms with Gasteiger partial charge in [0, 0.05) is 39.4 Å². The molecule has 21 heavy (non-hydrogen) atoms. The first-order valence-corrected chi connectivity index (χ1v) is 9.36. The normalized spacial score (nSPS) is 12.5. The van der Waals surface area contributed by atoms with E-state index in [1.165, 1.54) is 4.31 Å². The fraction of sp³-hybridized carbons (Fsp3) is 1.00. The van der Waals surface area contributed by atoms with Crippen LogP contribution in [0.4, 0.5) is 0 Å². The second-order valence-corrected chi connectivity index (χ2v) is 7.36. The zero-order chi connectivity index (χ0) is 16.1. The van der Waals surface area contributed by atoms with E-state index in [0.717, 1.165) is 32.4 Å². The summed E-state index contributed by atoms with van der Waals surface area (Å²) in [6.45, 7) is 9.38. The van der Waals surface area contributed by atoms with Crippen LogP contribution in [-0.2, 0) is 14.9 Å². The molecule has 0 aromatic rings. The molecule has 0 amide bonds. The zero-order valence-corrected chi connectivity index (χ0v) is 14.8. The number of nitrogens with one attached hydrogen (secondary N) is 2. The Morgan fingerprint density at radius 1 is 1.10 bits per heavy atom. The van der Waals surface area contributed by atoms with E-state index in [0.29, 0.717) is 32.2 Å². The highest BCUT2D eigenvalue weighted by Gasteiger charge is 2.15. The van der Waals surface area contributed by atoms with Crippen molar-refractivity contribution in [2.75, 3.05) is 39.9 Å². The lowest BCUT2D eigenvalue weighted by atomic mass is 10.3. The lowest BCUT2D eigenvalue weighted by Crippen LogP contribution is -2.40. The number of hydrogen-bond acceptors (Lipinski definition) is 4. The lowest BCUT2D eigenvalue weighted by Gasteiger charge is -2.18. The number of rotatable bonds is 14. The molecule has 0 radical (unpaired) electrons. The Balaban J connectivity index is 3.70. The SMILES string of the molecule is CCCCOCCCNS(=O)(=O)N(C)CCCNC(C)C. The first-order valence-electron chi connectivity index (χ1n) is 7.92. The van der Waals surface area contributed by atoms with Crippen molar-refractivity contribution in [3.05, 3.63) is 0 Å². The minimum Gasteiger partial charge on any atom is -0.381 e. The lowest BCUT2D eigenvalue weighted by molar-refractivity contribution is 0.129. The van der Waals surface area contributed by atoms with Gasteiger partial charge in [0.05, 0.1) is 0 Å². The third-order valence-electron chi connectivity index (χ3n) is 3.00. The van der Waals surface area contributed by atoms with Crippen LogP contribution in [0.2, 0.25) is 0 Å². The van der Waals surface area contributed by atoms with Crippen molar-refractivity contribution in [3.8, 4) is 0 Å². The van der Waals surface area contributed by atoms with Gasteiger partial charge in [-0.2, -0.15) is 12.7 Å². The Labute approximate surface area is 130 Å². The summed E-state index contributed by atoms with van der Waals surface area (Å²) in [5.74, 6) is 0. The van der Waals surface area contributed by atoms with Crippen molar-refractivity contribution in [3.63, 3.8) is 0 Å². The second kappa shape index (κ2) is 12.3. The van der Waals surface area contributed by atoms with Gasteiger partial charge < -0.3 is 10.1 Å². The molecular weight excluding hydrogens is 290 g/mol. The molecule has 0 saturated carbocycles. The van der Waals surface area contributed by atoms with Crippen LogP contribution < -0.4 is 10.0 Å². The van der Waals surface area contributed by atoms with Crippen LogP contribution in [0.5, 0.6) is 0 Å². The summed E-state index contributed by atoms with van der Waals surface area (Å²) in [4.78, 5) is 0. The molecule has 0 heterocycles. The standard InChI is InChI=1S/C14H33N3O3S/c1-5-6-12-20-13-8-10-16-21(18,19)17(4)11-7-9-15-14(2)3/h14-16H,5-13H2,1-4H3. The highest BCUT2D eigenvalue weighted by Crippen LogP contribution is 1.96. The van der Waals surface area contributed by atoms with E-state index in [1.807, 2.05) is 0 Å². The molecule has 0 aliphatic carbocycles. The minimum absolute atomic E-state index is 0.420. The Kier molecular flexibility index (Phi) is 12.2. The highest BCUT2D eigenvalue weighted by atomic mass is 32.2. The predicted octanol–water partition coefficient (Wildman–Crippen LogP) is 1.35. The summed E-state index contributed by atoms with van der Waals surface area (Å²) in [6.07, 6.45) is 3.67. The van der Waals surface area contributed by atoms with Crippen LogP contribution in [0.3, 0.4) is 0 Å². The summed E-state index contributed by atoms with van der Waals surface area (Å²) in [5, 5.41) is 3.27. The molecule has 0 rings (SSSR count). The summed E-state index contributed by atoms with van der Waals surface area (Å²) in [6, 6.07) is 0.428. The van der Waals surface area contributed by atoms with Crippen molar-refractivity contribution >= 4 is 10.2 Å². The third-order valence-corrected chi connectivity index (χ3v) is 4.58. The van der Waals surface area contributed by atoms with Gasteiger partial charge in [-0.05, 0) is 25.8 Å². The van der Waals surface area contributed by atoms with Crippen molar-refractivity contribution in [2.24, 2.45) is 0 Å². The van der Waals surface area contributed by atoms with E-state index in [9.17, 15) is 8.42 Å². The van der Waals surface area contributed by atoms with E-state index in [1.54, 1.807) is 7.05 Å². The van der Waals surface area contributed by atoms with Crippen LogP contribution in [0, 0.1) is 0 Å². The molecule has 0 aromatic carbocycles. The largest absolute Gasteiger partial charge is 0.381 e. The molecule has 0 fully saturated rings. The van der Waals surface area contributed by atoms with Crippen molar-refractivity contribution in [1.82, 2.24) is 14.3 Å². The van der Waals surface area contributed by atoms with Gasteiger partial charge in [0.2, 0.25) is 0 Å². The minimum atomic E-state index is -3.36. The molecule has 0 aliphatic heterocycles. The van der Waals surface area contributed by atoms with Gasteiger partial charge in [0.1, 0.15) is 0 Å². The van der Waals surface area contributed by atoms with Gasteiger partial charge in [-0.3, -0.25) is 0 Å². The Morgan fingerprint density at radius 3 is 2.38 bits per heavy atom. The first-order chi connectivity index (χ1) is 9.90. The molecule has 0 unspecified atom stereocenters. The quantitative estimate of drug-likeness (QED) is 0.473. The van der Waals surface area contributed by atoms with E-state index in [2.05, 4.69) is 30.8 Å². The number of unbranched alkanes of at least 4 members (excludes halogenated alkanes) is 1. The maximum atomic E-state index is 11.9. The third kappa shape index (κ3) is 12.1. The molecule has 128 valence electrons. The summed E-state index contributed by atoms with van der Waals surface area (Å²) in [5.41, 5.74) is 0. The second-order valence-electron chi connectivity index (χ2n) is 5.50. The molecular formula is C14H33N3O3S. The maximum absolute atomic E-state index is 11.9. The zero-order valence-electron chi connectivity index (χ0n) is 14.0. The van der Waals surface area contributed by atoms with Gasteiger partial charge in [-0.25, -0.2) is 4.72 Å². The summed E-state index contributed by atoms with van der Waals surface area (Å²) in [7, 11) is -1.75. The van der Waals surface area contributed by atoms with Crippen LogP contribution >= 0.6 is 0 Å². The first kappa shape index (κ1) is 20.8. The average molecular weight is 324 g/mol. The van der Waals surface area contributed by atoms with E-state index in [-0.39, 0.29) is 0 Å². The van der Waals surface area contributed by atoms with Gasteiger partial charge in [0.25, 0.3) is 10.2 Å². The summed E-state index contributed by atoms with van der Waals surface area (Å²) >= 11 is 0. The van der Waals surface area contributed by atoms with Crippen LogP contribution in [0.25, 0.3) is 0 Å². The Morgan fingerprint density at radius 2 is 1.76 bits per heavy atom.